The molecule has 0 saturated carbocycles. The third-order valence-corrected chi connectivity index (χ3v) is 3.72. The van der Waals surface area contributed by atoms with E-state index in [1.165, 1.54) is 7.11 Å². The molecule has 3 aromatic rings. The lowest BCUT2D eigenvalue weighted by atomic mass is 10.1. The van der Waals surface area contributed by atoms with Gasteiger partial charge in [0.25, 0.3) is 0 Å². The number of nitrogens with zero attached hydrogens (tertiary/aromatic N) is 4. The number of para-hydroxylation sites is 1. The fourth-order valence-electron chi connectivity index (χ4n) is 2.17. The Kier molecular flexibility index (Phi) is 4.43. The molecule has 122 valence electrons. The highest BCUT2D eigenvalue weighted by atomic mass is 35.5. The normalized spacial score (nSPS) is 10.6. The van der Waals surface area contributed by atoms with E-state index in [0.29, 0.717) is 22.0 Å². The van der Waals surface area contributed by atoms with Crippen LogP contribution in [0.1, 0.15) is 10.4 Å². The van der Waals surface area contributed by atoms with Crippen molar-refractivity contribution in [2.75, 3.05) is 7.11 Å². The Morgan fingerprint density at radius 1 is 1.17 bits per heavy atom. The van der Waals surface area contributed by atoms with Crippen LogP contribution in [0, 0.1) is 0 Å². The van der Waals surface area contributed by atoms with Gasteiger partial charge in [0.2, 0.25) is 0 Å². The van der Waals surface area contributed by atoms with Gasteiger partial charge in [-0.3, -0.25) is 4.79 Å². The van der Waals surface area contributed by atoms with E-state index in [4.69, 9.17) is 16.3 Å². The second kappa shape index (κ2) is 6.67. The predicted octanol–water partition coefficient (Wildman–Crippen LogP) is 1.97. The summed E-state index contributed by atoms with van der Waals surface area (Å²) in [6, 6.07) is 13.4. The highest BCUT2D eigenvalue weighted by Crippen LogP contribution is 2.17. The van der Waals surface area contributed by atoms with Crippen LogP contribution in [0.15, 0.2) is 53.3 Å². The van der Waals surface area contributed by atoms with Crippen LogP contribution < -0.4 is 10.4 Å². The number of aromatic nitrogens is 4. The molecular formula is C16H13ClN4O3. The second-order valence-electron chi connectivity index (χ2n) is 4.94. The number of hydrogen-bond donors (Lipinski definition) is 0. The summed E-state index contributed by atoms with van der Waals surface area (Å²) in [5.74, 6) is 0.287. The van der Waals surface area contributed by atoms with Gasteiger partial charge in [-0.25, -0.2) is 4.79 Å². The van der Waals surface area contributed by atoms with E-state index in [9.17, 15) is 9.59 Å². The van der Waals surface area contributed by atoms with Crippen molar-refractivity contribution >= 4 is 17.4 Å². The van der Waals surface area contributed by atoms with Crippen molar-refractivity contribution in [3.05, 3.63) is 69.6 Å². The molecule has 0 bridgehead atoms. The van der Waals surface area contributed by atoms with Gasteiger partial charge in [-0.1, -0.05) is 35.9 Å². The number of halogens is 1. The first-order valence-electron chi connectivity index (χ1n) is 7.05. The average molecular weight is 345 g/mol. The van der Waals surface area contributed by atoms with Gasteiger partial charge in [0, 0.05) is 5.56 Å². The molecule has 0 atom stereocenters. The summed E-state index contributed by atoms with van der Waals surface area (Å²) < 4.78 is 7.13. The maximum Gasteiger partial charge on any atom is 0.368 e. The van der Waals surface area contributed by atoms with Crippen molar-refractivity contribution < 1.29 is 9.53 Å². The van der Waals surface area contributed by atoms with Gasteiger partial charge >= 0.3 is 5.69 Å². The fraction of sp³-hybridized carbons (Fsp3) is 0.125. The number of ether oxygens (including phenoxy) is 1. The molecule has 1 aromatic heterocycles. The summed E-state index contributed by atoms with van der Waals surface area (Å²) in [6.07, 6.45) is 0. The highest BCUT2D eigenvalue weighted by Gasteiger charge is 2.15. The minimum Gasteiger partial charge on any atom is -0.497 e. The number of tetrazole rings is 1. The summed E-state index contributed by atoms with van der Waals surface area (Å²) in [4.78, 5) is 24.7. The Morgan fingerprint density at radius 3 is 2.71 bits per heavy atom. The van der Waals surface area contributed by atoms with Crippen molar-refractivity contribution in [1.82, 2.24) is 19.8 Å². The minimum absolute atomic E-state index is 0.226. The van der Waals surface area contributed by atoms with Crippen molar-refractivity contribution in [3.63, 3.8) is 0 Å². The molecule has 0 saturated heterocycles. The van der Waals surface area contributed by atoms with Crippen LogP contribution in [0.4, 0.5) is 0 Å². The average Bonchev–Trinajstić information content (AvgIpc) is 2.96. The van der Waals surface area contributed by atoms with Gasteiger partial charge in [-0.2, -0.15) is 9.36 Å². The van der Waals surface area contributed by atoms with Crippen molar-refractivity contribution in [1.29, 1.82) is 0 Å². The molecule has 0 amide bonds. The molecular weight excluding hydrogens is 332 g/mol. The molecule has 0 radical (unpaired) electrons. The van der Waals surface area contributed by atoms with E-state index in [1.807, 2.05) is 0 Å². The SMILES string of the molecule is COc1cccc(C(=O)Cn2nnn(-c3ccccc3Cl)c2=O)c1. The van der Waals surface area contributed by atoms with E-state index in [-0.39, 0.29) is 12.3 Å². The van der Waals surface area contributed by atoms with E-state index in [2.05, 4.69) is 10.4 Å². The number of hydrogen-bond acceptors (Lipinski definition) is 5. The molecule has 0 aliphatic heterocycles. The Morgan fingerprint density at radius 2 is 1.96 bits per heavy atom. The van der Waals surface area contributed by atoms with Gasteiger partial charge in [0.05, 0.1) is 17.8 Å². The first kappa shape index (κ1) is 15.9. The molecule has 7 nitrogen and oxygen atoms in total. The monoisotopic (exact) mass is 344 g/mol. The topological polar surface area (TPSA) is 79.0 Å². The summed E-state index contributed by atoms with van der Waals surface area (Å²) >= 11 is 6.06. The zero-order valence-electron chi connectivity index (χ0n) is 12.7. The zero-order valence-corrected chi connectivity index (χ0v) is 13.5. The van der Waals surface area contributed by atoms with Gasteiger partial charge < -0.3 is 4.74 Å². The van der Waals surface area contributed by atoms with Crippen molar-refractivity contribution in [3.8, 4) is 11.4 Å². The largest absolute Gasteiger partial charge is 0.497 e. The van der Waals surface area contributed by atoms with Crippen LogP contribution in [-0.2, 0) is 6.54 Å². The van der Waals surface area contributed by atoms with Crippen LogP contribution in [0.25, 0.3) is 5.69 Å². The maximum absolute atomic E-state index is 12.4. The van der Waals surface area contributed by atoms with Gasteiger partial charge in [0.15, 0.2) is 5.78 Å². The number of carbonyl (C=O) groups excluding carboxylic acids is 1. The van der Waals surface area contributed by atoms with E-state index >= 15 is 0 Å². The maximum atomic E-state index is 12.4. The quantitative estimate of drug-likeness (QED) is 0.661. The molecule has 24 heavy (non-hydrogen) atoms. The Labute approximate surface area is 142 Å². The third-order valence-electron chi connectivity index (χ3n) is 3.41. The lowest BCUT2D eigenvalue weighted by Crippen LogP contribution is -2.27. The summed E-state index contributed by atoms with van der Waals surface area (Å²) in [5, 5.41) is 7.90. The van der Waals surface area contributed by atoms with Crippen LogP contribution >= 0.6 is 11.6 Å². The van der Waals surface area contributed by atoms with E-state index in [0.717, 1.165) is 9.36 Å². The first-order chi connectivity index (χ1) is 11.6. The predicted molar refractivity (Wildman–Crippen MR) is 88.0 cm³/mol. The summed E-state index contributed by atoms with van der Waals surface area (Å²) in [5.41, 5.74) is 0.289. The van der Waals surface area contributed by atoms with Crippen molar-refractivity contribution in [2.24, 2.45) is 0 Å². The zero-order chi connectivity index (χ0) is 17.1. The van der Waals surface area contributed by atoms with Crippen LogP contribution in [0.2, 0.25) is 5.02 Å². The Balaban J connectivity index is 1.88. The van der Waals surface area contributed by atoms with Gasteiger partial charge in [-0.15, -0.1) is 0 Å². The number of rotatable bonds is 5. The van der Waals surface area contributed by atoms with Crippen LogP contribution in [0.5, 0.6) is 5.75 Å². The molecule has 3 rings (SSSR count). The molecule has 2 aromatic carbocycles. The number of Topliss-reactive ketones (excluding diaryl/α,β-unsaturated/α-hetero) is 1. The number of benzene rings is 2. The minimum atomic E-state index is -0.542. The Hall–Kier alpha value is -2.93. The van der Waals surface area contributed by atoms with Gasteiger partial charge in [0.1, 0.15) is 12.3 Å². The van der Waals surface area contributed by atoms with E-state index in [1.54, 1.807) is 48.5 Å². The molecule has 0 aliphatic rings. The fourth-order valence-corrected chi connectivity index (χ4v) is 2.39. The molecule has 0 unspecified atom stereocenters. The molecule has 8 heteroatoms. The molecule has 0 N–H and O–H groups in total. The van der Waals surface area contributed by atoms with E-state index < -0.39 is 5.69 Å². The first-order valence-corrected chi connectivity index (χ1v) is 7.43. The third kappa shape index (κ3) is 3.07. The molecule has 0 spiro atoms. The molecule has 1 heterocycles. The van der Waals surface area contributed by atoms with Crippen molar-refractivity contribution in [2.45, 2.75) is 6.54 Å². The van der Waals surface area contributed by atoms with Gasteiger partial charge in [-0.05, 0) is 34.7 Å². The van der Waals surface area contributed by atoms with Crippen LogP contribution in [-0.4, -0.2) is 32.7 Å². The highest BCUT2D eigenvalue weighted by molar-refractivity contribution is 6.32. The smallest absolute Gasteiger partial charge is 0.368 e. The molecule has 0 aliphatic carbocycles. The lowest BCUT2D eigenvalue weighted by molar-refractivity contribution is 0.0965. The second-order valence-corrected chi connectivity index (χ2v) is 5.34. The molecule has 0 fully saturated rings. The number of methoxy groups -OCH3 is 1. The standard InChI is InChI=1S/C16H13ClN4O3/c1-24-12-6-4-5-11(9-12)15(22)10-20-16(23)21(19-18-20)14-8-3-2-7-13(14)17/h2-9H,10H2,1H3. The summed E-state index contributed by atoms with van der Waals surface area (Å²) in [7, 11) is 1.52. The van der Waals surface area contributed by atoms with Crippen LogP contribution in [0.3, 0.4) is 0 Å². The lowest BCUT2D eigenvalue weighted by Gasteiger charge is -2.03. The summed E-state index contributed by atoms with van der Waals surface area (Å²) in [6.45, 7) is -0.226. The number of ketones is 1. The number of carbonyl (C=O) groups is 1. The Bertz CT molecular complexity index is 948.